The predicted molar refractivity (Wildman–Crippen MR) is 47.8 cm³/mol. The van der Waals surface area contributed by atoms with Crippen LogP contribution in [-0.4, -0.2) is 4.92 Å². The van der Waals surface area contributed by atoms with E-state index in [1.807, 2.05) is 0 Å². The van der Waals surface area contributed by atoms with E-state index in [1.54, 1.807) is 0 Å². The van der Waals surface area contributed by atoms with Crippen LogP contribution in [0.2, 0.25) is 0 Å². The van der Waals surface area contributed by atoms with E-state index in [0.717, 1.165) is 6.92 Å². The summed E-state index contributed by atoms with van der Waals surface area (Å²) in [4.78, 5) is 9.26. The molecule has 0 fully saturated rings. The highest BCUT2D eigenvalue weighted by molar-refractivity contribution is 5.48. The summed E-state index contributed by atoms with van der Waals surface area (Å²) in [7, 11) is 0. The van der Waals surface area contributed by atoms with Crippen LogP contribution in [0.1, 0.15) is 16.7 Å². The predicted octanol–water partition coefficient (Wildman–Crippen LogP) is 3.94. The van der Waals surface area contributed by atoms with Crippen molar-refractivity contribution in [1.29, 1.82) is 0 Å². The van der Waals surface area contributed by atoms with Crippen molar-refractivity contribution in [1.82, 2.24) is 0 Å². The molecular formula is C9H5F6NO2. The van der Waals surface area contributed by atoms with E-state index in [0.29, 0.717) is 0 Å². The van der Waals surface area contributed by atoms with E-state index in [2.05, 4.69) is 0 Å². The molecular weight excluding hydrogens is 268 g/mol. The molecule has 0 aliphatic carbocycles. The molecule has 1 rings (SSSR count). The summed E-state index contributed by atoms with van der Waals surface area (Å²) in [5.74, 6) is 0. The Morgan fingerprint density at radius 2 is 1.39 bits per heavy atom. The molecule has 0 aliphatic heterocycles. The van der Waals surface area contributed by atoms with Crippen molar-refractivity contribution in [2.75, 3.05) is 0 Å². The maximum atomic E-state index is 12.4. The average molecular weight is 273 g/mol. The summed E-state index contributed by atoms with van der Waals surface area (Å²) < 4.78 is 74.6. The van der Waals surface area contributed by atoms with Crippen LogP contribution in [-0.2, 0) is 12.4 Å². The van der Waals surface area contributed by atoms with Crippen LogP contribution in [0.25, 0.3) is 0 Å². The number of halogens is 6. The van der Waals surface area contributed by atoms with Gasteiger partial charge in [0.2, 0.25) is 0 Å². The lowest BCUT2D eigenvalue weighted by Crippen LogP contribution is -2.17. The Morgan fingerprint density at radius 1 is 1.00 bits per heavy atom. The Balaban J connectivity index is 3.64. The van der Waals surface area contributed by atoms with Crippen LogP contribution in [0.5, 0.6) is 0 Å². The number of aryl methyl sites for hydroxylation is 1. The fraction of sp³-hybridized carbons (Fsp3) is 0.333. The van der Waals surface area contributed by atoms with E-state index >= 15 is 0 Å². The van der Waals surface area contributed by atoms with Gasteiger partial charge in [0.15, 0.2) is 0 Å². The van der Waals surface area contributed by atoms with Gasteiger partial charge in [-0.1, -0.05) is 0 Å². The zero-order valence-corrected chi connectivity index (χ0v) is 8.69. The van der Waals surface area contributed by atoms with Gasteiger partial charge in [0.05, 0.1) is 16.1 Å². The van der Waals surface area contributed by atoms with Gasteiger partial charge in [0, 0.05) is 11.6 Å². The van der Waals surface area contributed by atoms with Crippen molar-refractivity contribution in [2.24, 2.45) is 0 Å². The third-order valence-corrected chi connectivity index (χ3v) is 2.14. The Bertz CT molecular complexity index is 491. The first kappa shape index (κ1) is 14.3. The van der Waals surface area contributed by atoms with E-state index in [4.69, 9.17) is 0 Å². The number of hydrogen-bond donors (Lipinski definition) is 0. The van der Waals surface area contributed by atoms with Crippen LogP contribution in [0.3, 0.4) is 0 Å². The molecule has 0 atom stereocenters. The van der Waals surface area contributed by atoms with Gasteiger partial charge in [-0.15, -0.1) is 0 Å². The normalized spacial score (nSPS) is 12.6. The lowest BCUT2D eigenvalue weighted by atomic mass is 10.0. The molecule has 9 heteroatoms. The molecule has 100 valence electrons. The highest BCUT2D eigenvalue weighted by Crippen LogP contribution is 2.42. The van der Waals surface area contributed by atoms with E-state index in [9.17, 15) is 36.5 Å². The number of alkyl halides is 6. The Labute approximate surface area is 96.2 Å². The molecule has 0 spiro atoms. The molecule has 0 bridgehead atoms. The quantitative estimate of drug-likeness (QED) is 0.442. The number of nitrogens with zero attached hydrogens (tertiary/aromatic N) is 1. The molecule has 0 saturated carbocycles. The second kappa shape index (κ2) is 4.14. The maximum Gasteiger partial charge on any atom is 0.417 e. The lowest BCUT2D eigenvalue weighted by molar-refractivity contribution is -0.385. The minimum Gasteiger partial charge on any atom is -0.258 e. The van der Waals surface area contributed by atoms with Crippen molar-refractivity contribution < 1.29 is 31.3 Å². The van der Waals surface area contributed by atoms with Crippen molar-refractivity contribution in [2.45, 2.75) is 19.3 Å². The lowest BCUT2D eigenvalue weighted by Gasteiger charge is -2.15. The van der Waals surface area contributed by atoms with Crippen LogP contribution >= 0.6 is 0 Å². The third-order valence-electron chi connectivity index (χ3n) is 2.14. The molecule has 0 aliphatic rings. The summed E-state index contributed by atoms with van der Waals surface area (Å²) in [6.07, 6.45) is -10.5. The number of rotatable bonds is 1. The van der Waals surface area contributed by atoms with Gasteiger partial charge in [0.25, 0.3) is 5.69 Å². The zero-order valence-electron chi connectivity index (χ0n) is 8.69. The van der Waals surface area contributed by atoms with Gasteiger partial charge >= 0.3 is 12.4 Å². The Hall–Kier alpha value is -1.80. The monoisotopic (exact) mass is 273 g/mol. The topological polar surface area (TPSA) is 43.1 Å². The molecule has 1 aromatic carbocycles. The zero-order chi connectivity index (χ0) is 14.3. The molecule has 1 aromatic rings. The second-order valence-corrected chi connectivity index (χ2v) is 3.44. The van der Waals surface area contributed by atoms with Gasteiger partial charge in [-0.3, -0.25) is 10.1 Å². The number of benzene rings is 1. The Kier molecular flexibility index (Phi) is 3.28. The summed E-state index contributed by atoms with van der Waals surface area (Å²) in [5.41, 5.74) is -5.49. The molecule has 18 heavy (non-hydrogen) atoms. The molecule has 0 heterocycles. The molecule has 0 aromatic heterocycles. The smallest absolute Gasteiger partial charge is 0.258 e. The summed E-state index contributed by atoms with van der Waals surface area (Å²) >= 11 is 0. The minimum atomic E-state index is -5.32. The fourth-order valence-electron chi connectivity index (χ4n) is 1.36. The van der Waals surface area contributed by atoms with Crippen molar-refractivity contribution in [3.8, 4) is 0 Å². The summed E-state index contributed by atoms with van der Waals surface area (Å²) in [5, 5.41) is 10.4. The van der Waals surface area contributed by atoms with Gasteiger partial charge in [-0.2, -0.15) is 26.3 Å². The van der Waals surface area contributed by atoms with E-state index < -0.39 is 39.7 Å². The fourth-order valence-corrected chi connectivity index (χ4v) is 1.36. The highest BCUT2D eigenvalue weighted by atomic mass is 19.4. The number of nitro benzene ring substituents is 1. The first-order valence-corrected chi connectivity index (χ1v) is 4.38. The van der Waals surface area contributed by atoms with Crippen LogP contribution in [0.4, 0.5) is 32.0 Å². The van der Waals surface area contributed by atoms with Gasteiger partial charge in [-0.25, -0.2) is 0 Å². The minimum absolute atomic E-state index is 0.0991. The molecule has 0 saturated heterocycles. The van der Waals surface area contributed by atoms with Crippen LogP contribution in [0.15, 0.2) is 12.1 Å². The van der Waals surface area contributed by atoms with Crippen molar-refractivity contribution in [3.05, 3.63) is 38.9 Å². The largest absolute Gasteiger partial charge is 0.417 e. The summed E-state index contributed by atoms with van der Waals surface area (Å²) in [6.45, 7) is 0.938. The van der Waals surface area contributed by atoms with Gasteiger partial charge in [0.1, 0.15) is 0 Å². The van der Waals surface area contributed by atoms with Crippen molar-refractivity contribution in [3.63, 3.8) is 0 Å². The van der Waals surface area contributed by atoms with E-state index in [1.165, 1.54) is 0 Å². The van der Waals surface area contributed by atoms with Gasteiger partial charge < -0.3 is 0 Å². The summed E-state index contributed by atoms with van der Waals surface area (Å²) in [6, 6.07) is 0.0269. The first-order valence-electron chi connectivity index (χ1n) is 4.38. The first-order chi connectivity index (χ1) is 7.94. The molecule has 0 amide bonds. The number of hydrogen-bond acceptors (Lipinski definition) is 2. The maximum absolute atomic E-state index is 12.4. The van der Waals surface area contributed by atoms with E-state index in [-0.39, 0.29) is 12.1 Å². The van der Waals surface area contributed by atoms with Crippen LogP contribution in [0, 0.1) is 17.0 Å². The molecule has 0 unspecified atom stereocenters. The second-order valence-electron chi connectivity index (χ2n) is 3.44. The van der Waals surface area contributed by atoms with Crippen LogP contribution < -0.4 is 0 Å². The highest BCUT2D eigenvalue weighted by Gasteiger charge is 2.44. The average Bonchev–Trinajstić information content (AvgIpc) is 2.13. The molecule has 0 radical (unpaired) electrons. The SMILES string of the molecule is Cc1cc(C(F)(F)F)c(C(F)(F)F)cc1[N+](=O)[O-]. The molecule has 3 nitrogen and oxygen atoms in total. The molecule has 0 N–H and O–H groups in total. The third kappa shape index (κ3) is 2.71. The Morgan fingerprint density at radius 3 is 1.72 bits per heavy atom. The van der Waals surface area contributed by atoms with Crippen molar-refractivity contribution >= 4 is 5.69 Å². The standard InChI is InChI=1S/C9H5F6NO2/c1-4-2-5(8(10,11)12)6(9(13,14)15)3-7(4)16(17)18/h2-3H,1H3. The van der Waals surface area contributed by atoms with Gasteiger partial charge in [-0.05, 0) is 13.0 Å². The number of nitro groups is 1.